The van der Waals surface area contributed by atoms with Crippen molar-refractivity contribution in [2.45, 2.75) is 192 Å². The highest BCUT2D eigenvalue weighted by Gasteiger charge is 2.21. The Bertz CT molecular complexity index is 349. The Balaban J connectivity index is 1.80. The van der Waals surface area contributed by atoms with Gasteiger partial charge in [-0.2, -0.15) is 0 Å². The van der Waals surface area contributed by atoms with Crippen LogP contribution in [0.1, 0.15) is 180 Å². The van der Waals surface area contributed by atoms with Crippen LogP contribution in [0.5, 0.6) is 0 Å². The quantitative estimate of drug-likeness (QED) is 0.140. The Kier molecular flexibility index (Phi) is 22.9. The number of hydrogen-bond donors (Lipinski definition) is 1. The van der Waals surface area contributed by atoms with Gasteiger partial charge in [-0.25, -0.2) is 0 Å². The molecular formula is C30H61OSi. The van der Waals surface area contributed by atoms with Crippen molar-refractivity contribution in [3.8, 4) is 0 Å². The van der Waals surface area contributed by atoms with Crippen LogP contribution in [0.25, 0.3) is 0 Å². The van der Waals surface area contributed by atoms with E-state index in [1.165, 1.54) is 173 Å². The second kappa shape index (κ2) is 24.3. The predicted molar refractivity (Wildman–Crippen MR) is 147 cm³/mol. The molecule has 0 aromatic carbocycles. The first-order valence-electron chi connectivity index (χ1n) is 15.4. The maximum atomic E-state index is 10.8. The number of rotatable bonds is 20. The van der Waals surface area contributed by atoms with Gasteiger partial charge in [0.1, 0.15) is 0 Å². The lowest BCUT2D eigenvalue weighted by Gasteiger charge is -2.22. The molecule has 2 heteroatoms. The van der Waals surface area contributed by atoms with Gasteiger partial charge in [0.05, 0.1) is 0 Å². The summed E-state index contributed by atoms with van der Waals surface area (Å²) in [6.07, 6.45) is 38.4. The molecule has 1 nitrogen and oxygen atoms in total. The summed E-state index contributed by atoms with van der Waals surface area (Å²) in [4.78, 5) is 10.8. The van der Waals surface area contributed by atoms with Crippen molar-refractivity contribution in [3.63, 3.8) is 0 Å². The van der Waals surface area contributed by atoms with Gasteiger partial charge in [-0.15, -0.1) is 0 Å². The van der Waals surface area contributed by atoms with Crippen molar-refractivity contribution in [1.29, 1.82) is 0 Å². The van der Waals surface area contributed by atoms with E-state index in [0.717, 1.165) is 6.04 Å². The van der Waals surface area contributed by atoms with E-state index < -0.39 is 9.04 Å². The predicted octanol–water partition coefficient (Wildman–Crippen LogP) is 10.9. The summed E-state index contributed by atoms with van der Waals surface area (Å²) < 4.78 is 0. The fourth-order valence-corrected chi connectivity index (χ4v) is 7.65. The molecule has 0 aromatic rings. The van der Waals surface area contributed by atoms with Crippen LogP contribution in [0.2, 0.25) is 11.6 Å². The third-order valence-corrected chi connectivity index (χ3v) is 10.2. The van der Waals surface area contributed by atoms with Crippen LogP contribution in [0.3, 0.4) is 0 Å². The van der Waals surface area contributed by atoms with E-state index in [4.69, 9.17) is 0 Å². The van der Waals surface area contributed by atoms with Crippen LogP contribution < -0.4 is 0 Å². The standard InChI is InChI=1S/C30H61OSi/c1-2-3-4-5-6-7-8-9-10-11-12-13-14-15-16-20-23-26-29-32(31)30-27-24-21-18-17-19-22-25-28-30/h30-31H,2-29H2,1H3. The molecule has 1 fully saturated rings. The minimum Gasteiger partial charge on any atom is -0.431 e. The van der Waals surface area contributed by atoms with Gasteiger partial charge in [-0.1, -0.05) is 180 Å². The molecule has 1 radical (unpaired) electrons. The monoisotopic (exact) mass is 465 g/mol. The van der Waals surface area contributed by atoms with Crippen LogP contribution >= 0.6 is 0 Å². The van der Waals surface area contributed by atoms with Crippen LogP contribution in [0, 0.1) is 0 Å². The molecule has 1 N–H and O–H groups in total. The Morgan fingerprint density at radius 3 is 1.16 bits per heavy atom. The largest absolute Gasteiger partial charge is 0.431 e. The van der Waals surface area contributed by atoms with Crippen molar-refractivity contribution in [2.75, 3.05) is 0 Å². The summed E-state index contributed by atoms with van der Waals surface area (Å²) in [5.41, 5.74) is 0.698. The van der Waals surface area contributed by atoms with Crippen LogP contribution in [0.15, 0.2) is 0 Å². The van der Waals surface area contributed by atoms with Crippen molar-refractivity contribution in [1.82, 2.24) is 0 Å². The molecule has 1 aliphatic rings. The zero-order valence-corrected chi connectivity index (χ0v) is 23.3. The fourth-order valence-electron chi connectivity index (χ4n) is 5.55. The Hall–Kier alpha value is 0.177. The second-order valence-corrected chi connectivity index (χ2v) is 13.3. The topological polar surface area (TPSA) is 20.2 Å². The third kappa shape index (κ3) is 19.6. The highest BCUT2D eigenvalue weighted by molar-refractivity contribution is 6.52. The molecule has 0 saturated heterocycles. The van der Waals surface area contributed by atoms with Gasteiger partial charge in [0.25, 0.3) is 0 Å². The molecule has 1 rings (SSSR count). The van der Waals surface area contributed by atoms with Crippen molar-refractivity contribution in [3.05, 3.63) is 0 Å². The Labute approximate surface area is 205 Å². The SMILES string of the molecule is CCCCCCCCCCCCCCCCCCCC[Si](O)C1CCCCCCCCC1. The summed E-state index contributed by atoms with van der Waals surface area (Å²) in [6, 6.07) is 1.16. The molecule has 0 unspecified atom stereocenters. The zero-order chi connectivity index (χ0) is 23.0. The van der Waals surface area contributed by atoms with E-state index in [9.17, 15) is 4.80 Å². The van der Waals surface area contributed by atoms with E-state index in [-0.39, 0.29) is 0 Å². The van der Waals surface area contributed by atoms with Gasteiger partial charge >= 0.3 is 0 Å². The van der Waals surface area contributed by atoms with E-state index in [1.807, 2.05) is 0 Å². The Morgan fingerprint density at radius 2 is 0.781 bits per heavy atom. The van der Waals surface area contributed by atoms with Gasteiger partial charge in [-0.3, -0.25) is 0 Å². The summed E-state index contributed by atoms with van der Waals surface area (Å²) in [5.74, 6) is 0. The summed E-state index contributed by atoms with van der Waals surface area (Å²) in [7, 11) is -1.08. The smallest absolute Gasteiger partial charge is 0.210 e. The average Bonchev–Trinajstić information content (AvgIpc) is 2.81. The normalized spacial score (nSPS) is 16.6. The molecule has 0 amide bonds. The maximum absolute atomic E-state index is 10.8. The lowest BCUT2D eigenvalue weighted by atomic mass is 10.0. The van der Waals surface area contributed by atoms with Crippen molar-refractivity contribution < 1.29 is 4.80 Å². The highest BCUT2D eigenvalue weighted by atomic mass is 28.3. The van der Waals surface area contributed by atoms with E-state index in [2.05, 4.69) is 6.92 Å². The van der Waals surface area contributed by atoms with E-state index in [1.54, 1.807) is 0 Å². The van der Waals surface area contributed by atoms with Crippen LogP contribution in [0.4, 0.5) is 0 Å². The molecule has 0 bridgehead atoms. The lowest BCUT2D eigenvalue weighted by Crippen LogP contribution is -2.21. The molecule has 0 aliphatic heterocycles. The molecule has 0 aromatic heterocycles. The number of unbranched alkanes of at least 4 members (excludes halogenated alkanes) is 17. The van der Waals surface area contributed by atoms with Gasteiger partial charge < -0.3 is 4.80 Å². The first-order chi connectivity index (χ1) is 15.8. The maximum Gasteiger partial charge on any atom is 0.210 e. The summed E-state index contributed by atoms with van der Waals surface area (Å²) in [6.45, 7) is 2.30. The second-order valence-electron chi connectivity index (χ2n) is 11.0. The fraction of sp³-hybridized carbons (Fsp3) is 1.00. The molecule has 1 aliphatic carbocycles. The molecule has 0 atom stereocenters. The van der Waals surface area contributed by atoms with Gasteiger partial charge in [0.15, 0.2) is 0 Å². The molecule has 0 spiro atoms. The minimum atomic E-state index is -1.08. The summed E-state index contributed by atoms with van der Waals surface area (Å²) in [5, 5.41) is 0. The van der Waals surface area contributed by atoms with Crippen molar-refractivity contribution in [2.24, 2.45) is 0 Å². The zero-order valence-electron chi connectivity index (χ0n) is 22.3. The third-order valence-electron chi connectivity index (χ3n) is 7.86. The lowest BCUT2D eigenvalue weighted by molar-refractivity contribution is 0.457. The first-order valence-corrected chi connectivity index (χ1v) is 17.1. The molecule has 1 saturated carbocycles. The van der Waals surface area contributed by atoms with Gasteiger partial charge in [0.2, 0.25) is 9.04 Å². The minimum absolute atomic E-state index is 0.698. The molecule has 32 heavy (non-hydrogen) atoms. The first kappa shape index (κ1) is 30.2. The number of hydrogen-bond acceptors (Lipinski definition) is 1. The van der Waals surface area contributed by atoms with Crippen molar-refractivity contribution >= 4 is 9.04 Å². The van der Waals surface area contributed by atoms with Gasteiger partial charge in [-0.05, 0) is 11.6 Å². The van der Waals surface area contributed by atoms with Gasteiger partial charge in [0, 0.05) is 0 Å². The molecule has 0 heterocycles. The van der Waals surface area contributed by atoms with Crippen LogP contribution in [-0.2, 0) is 0 Å². The van der Waals surface area contributed by atoms with Crippen LogP contribution in [-0.4, -0.2) is 13.8 Å². The average molecular weight is 466 g/mol. The highest BCUT2D eigenvalue weighted by Crippen LogP contribution is 2.29. The Morgan fingerprint density at radius 1 is 0.469 bits per heavy atom. The summed E-state index contributed by atoms with van der Waals surface area (Å²) >= 11 is 0. The van der Waals surface area contributed by atoms with E-state index in [0.29, 0.717) is 5.54 Å². The molecule has 191 valence electrons. The molecular weight excluding hydrogens is 404 g/mol. The van der Waals surface area contributed by atoms with E-state index >= 15 is 0 Å².